The Kier molecular flexibility index (Phi) is 3.15. The van der Waals surface area contributed by atoms with E-state index in [1.807, 2.05) is 36.4 Å². The van der Waals surface area contributed by atoms with Crippen molar-refractivity contribution >= 4 is 44.1 Å². The molecule has 2 aromatic carbocycles. The first-order valence-corrected chi connectivity index (χ1v) is 6.74. The molecule has 0 saturated heterocycles. The topological polar surface area (TPSA) is 83.8 Å². The Bertz CT molecular complexity index is 797. The molecule has 100 valence electrons. The summed E-state index contributed by atoms with van der Waals surface area (Å²) in [7, 11) is 0. The number of H-pyrrole nitrogens is 1. The van der Waals surface area contributed by atoms with Crippen molar-refractivity contribution in [3.8, 4) is 0 Å². The molecular weight excluding hydrogens is 320 g/mol. The average molecular weight is 331 g/mol. The summed E-state index contributed by atoms with van der Waals surface area (Å²) in [6.45, 7) is 0. The molecule has 0 aliphatic rings. The van der Waals surface area contributed by atoms with Gasteiger partial charge in [0.2, 0.25) is 0 Å². The largest absolute Gasteiger partial charge is 0.382 e. The number of fused-ring (bicyclic) bond motifs is 1. The average Bonchev–Trinajstić information content (AvgIpc) is 2.89. The molecule has 0 saturated carbocycles. The first-order chi connectivity index (χ1) is 9.65. The summed E-state index contributed by atoms with van der Waals surface area (Å²) in [5.74, 6) is 0.0116. The minimum absolute atomic E-state index is 0.276. The highest BCUT2D eigenvalue weighted by Gasteiger charge is 2.11. The van der Waals surface area contributed by atoms with Gasteiger partial charge in [0, 0.05) is 21.6 Å². The number of hydrogen-bond donors (Lipinski definition) is 3. The van der Waals surface area contributed by atoms with Gasteiger partial charge in [0.05, 0.1) is 0 Å². The number of hydrogen-bond acceptors (Lipinski definition) is 3. The fraction of sp³-hybridized carbons (Fsp3) is 0. The predicted molar refractivity (Wildman–Crippen MR) is 82.6 cm³/mol. The van der Waals surface area contributed by atoms with Crippen molar-refractivity contribution in [1.82, 2.24) is 10.2 Å². The number of nitrogens with one attached hydrogen (secondary N) is 2. The van der Waals surface area contributed by atoms with Crippen molar-refractivity contribution in [2.75, 3.05) is 11.1 Å². The van der Waals surface area contributed by atoms with Crippen LogP contribution in [0.4, 0.5) is 11.5 Å². The van der Waals surface area contributed by atoms with Gasteiger partial charge in [0.1, 0.15) is 11.5 Å². The quantitative estimate of drug-likeness (QED) is 0.674. The molecular formula is C14H11BrN4O. The number of rotatable bonds is 2. The second-order valence-corrected chi connectivity index (χ2v) is 5.16. The molecule has 6 heteroatoms. The molecule has 0 fully saturated rings. The van der Waals surface area contributed by atoms with Crippen LogP contribution in [0.2, 0.25) is 0 Å². The van der Waals surface area contributed by atoms with Gasteiger partial charge in [-0.25, -0.2) is 0 Å². The highest BCUT2D eigenvalue weighted by Crippen LogP contribution is 2.30. The maximum Gasteiger partial charge on any atom is 0.273 e. The first-order valence-electron chi connectivity index (χ1n) is 5.94. The zero-order valence-electron chi connectivity index (χ0n) is 10.4. The number of halogens is 1. The molecule has 0 bridgehead atoms. The fourth-order valence-electron chi connectivity index (χ4n) is 2.01. The van der Waals surface area contributed by atoms with E-state index >= 15 is 0 Å². The van der Waals surface area contributed by atoms with E-state index in [0.29, 0.717) is 5.69 Å². The number of nitrogens with two attached hydrogens (primary N) is 1. The molecule has 20 heavy (non-hydrogen) atoms. The van der Waals surface area contributed by atoms with Gasteiger partial charge in [-0.15, -0.1) is 0 Å². The molecule has 3 rings (SSSR count). The van der Waals surface area contributed by atoms with Crippen molar-refractivity contribution in [1.29, 1.82) is 0 Å². The van der Waals surface area contributed by atoms with Gasteiger partial charge in [-0.2, -0.15) is 5.10 Å². The molecule has 0 spiro atoms. The van der Waals surface area contributed by atoms with Gasteiger partial charge < -0.3 is 11.1 Å². The van der Waals surface area contributed by atoms with E-state index in [1.54, 1.807) is 0 Å². The number of aromatic amines is 1. The Morgan fingerprint density at radius 2 is 1.95 bits per heavy atom. The number of carbonyl (C=O) groups is 1. The van der Waals surface area contributed by atoms with Crippen molar-refractivity contribution < 1.29 is 4.79 Å². The number of amides is 1. The predicted octanol–water partition coefficient (Wildman–Crippen LogP) is 3.16. The summed E-state index contributed by atoms with van der Waals surface area (Å²) in [5.41, 5.74) is 6.56. The van der Waals surface area contributed by atoms with Crippen LogP contribution < -0.4 is 11.1 Å². The van der Waals surface area contributed by atoms with Crippen LogP contribution in [0.25, 0.3) is 10.8 Å². The Labute approximate surface area is 123 Å². The maximum absolute atomic E-state index is 12.1. The number of carbonyl (C=O) groups excluding carboxylic acids is 1. The van der Waals surface area contributed by atoms with Crippen LogP contribution in [0.5, 0.6) is 0 Å². The third-order valence-electron chi connectivity index (χ3n) is 2.96. The summed E-state index contributed by atoms with van der Waals surface area (Å²) >= 11 is 3.50. The lowest BCUT2D eigenvalue weighted by atomic mass is 10.1. The van der Waals surface area contributed by atoms with Crippen LogP contribution >= 0.6 is 15.9 Å². The normalized spacial score (nSPS) is 10.7. The third kappa shape index (κ3) is 2.25. The minimum atomic E-state index is -0.276. The number of benzene rings is 2. The van der Waals surface area contributed by atoms with Crippen molar-refractivity contribution in [3.63, 3.8) is 0 Å². The van der Waals surface area contributed by atoms with Gasteiger partial charge in [-0.05, 0) is 17.5 Å². The summed E-state index contributed by atoms with van der Waals surface area (Å²) < 4.78 is 0.983. The van der Waals surface area contributed by atoms with Gasteiger partial charge in [0.25, 0.3) is 5.91 Å². The first kappa shape index (κ1) is 12.7. The lowest BCUT2D eigenvalue weighted by Crippen LogP contribution is -2.12. The Hall–Kier alpha value is -2.34. The third-order valence-corrected chi connectivity index (χ3v) is 3.65. The molecule has 1 heterocycles. The monoisotopic (exact) mass is 330 g/mol. The highest BCUT2D eigenvalue weighted by molar-refractivity contribution is 9.10. The maximum atomic E-state index is 12.1. The van der Waals surface area contributed by atoms with E-state index < -0.39 is 0 Å². The zero-order valence-corrected chi connectivity index (χ0v) is 11.9. The fourth-order valence-corrected chi connectivity index (χ4v) is 2.49. The Morgan fingerprint density at radius 3 is 2.65 bits per heavy atom. The Balaban J connectivity index is 1.99. The zero-order chi connectivity index (χ0) is 14.1. The SMILES string of the molecule is Nc1cc(C(=O)Nc2ccc(Br)c3ccccc23)[nH]n1. The molecule has 1 aromatic heterocycles. The number of nitrogens with zero attached hydrogens (tertiary/aromatic N) is 1. The van der Waals surface area contributed by atoms with Crippen LogP contribution in [-0.4, -0.2) is 16.1 Å². The second kappa shape index (κ2) is 4.97. The van der Waals surface area contributed by atoms with Crippen LogP contribution in [0.3, 0.4) is 0 Å². The molecule has 0 aliphatic carbocycles. The number of aromatic nitrogens is 2. The van der Waals surface area contributed by atoms with Crippen LogP contribution in [0.15, 0.2) is 46.9 Å². The van der Waals surface area contributed by atoms with Gasteiger partial charge in [-0.3, -0.25) is 9.89 Å². The van der Waals surface area contributed by atoms with E-state index in [-0.39, 0.29) is 11.7 Å². The molecule has 0 aliphatic heterocycles. The van der Waals surface area contributed by atoms with E-state index in [9.17, 15) is 4.79 Å². The molecule has 0 unspecified atom stereocenters. The lowest BCUT2D eigenvalue weighted by molar-refractivity contribution is 0.102. The van der Waals surface area contributed by atoms with Crippen LogP contribution in [0, 0.1) is 0 Å². The Morgan fingerprint density at radius 1 is 1.20 bits per heavy atom. The minimum Gasteiger partial charge on any atom is -0.382 e. The molecule has 0 atom stereocenters. The summed E-state index contributed by atoms with van der Waals surface area (Å²) in [6.07, 6.45) is 0. The van der Waals surface area contributed by atoms with Crippen LogP contribution in [0.1, 0.15) is 10.5 Å². The number of nitrogen functional groups attached to an aromatic ring is 1. The molecule has 3 aromatic rings. The highest BCUT2D eigenvalue weighted by atomic mass is 79.9. The van der Waals surface area contributed by atoms with E-state index in [2.05, 4.69) is 31.4 Å². The van der Waals surface area contributed by atoms with Gasteiger partial charge in [0.15, 0.2) is 0 Å². The van der Waals surface area contributed by atoms with Crippen molar-refractivity contribution in [2.24, 2.45) is 0 Å². The molecule has 0 radical (unpaired) electrons. The summed E-state index contributed by atoms with van der Waals surface area (Å²) in [5, 5.41) is 11.2. The van der Waals surface area contributed by atoms with E-state index in [0.717, 1.165) is 20.9 Å². The second-order valence-electron chi connectivity index (χ2n) is 4.30. The van der Waals surface area contributed by atoms with E-state index in [1.165, 1.54) is 6.07 Å². The van der Waals surface area contributed by atoms with Gasteiger partial charge in [-0.1, -0.05) is 40.2 Å². The standard InChI is InChI=1S/C14H11BrN4O/c15-10-5-6-11(9-4-2-1-3-8(9)10)17-14(20)12-7-13(16)19-18-12/h1-7H,(H,17,20)(H3,16,18,19). The molecule has 4 N–H and O–H groups in total. The summed E-state index contributed by atoms with van der Waals surface area (Å²) in [4.78, 5) is 12.1. The molecule has 5 nitrogen and oxygen atoms in total. The lowest BCUT2D eigenvalue weighted by Gasteiger charge is -2.09. The molecule has 1 amide bonds. The summed E-state index contributed by atoms with van der Waals surface area (Å²) in [6, 6.07) is 13.1. The van der Waals surface area contributed by atoms with E-state index in [4.69, 9.17) is 5.73 Å². The smallest absolute Gasteiger partial charge is 0.273 e. The number of anilines is 2. The van der Waals surface area contributed by atoms with Crippen molar-refractivity contribution in [2.45, 2.75) is 0 Å². The van der Waals surface area contributed by atoms with Crippen molar-refractivity contribution in [3.05, 3.63) is 52.6 Å². The van der Waals surface area contributed by atoms with Gasteiger partial charge >= 0.3 is 0 Å². The van der Waals surface area contributed by atoms with Crippen LogP contribution in [-0.2, 0) is 0 Å².